The lowest BCUT2D eigenvalue weighted by Gasteiger charge is -2.27. The molecule has 1 saturated heterocycles. The van der Waals surface area contributed by atoms with E-state index in [1.807, 2.05) is 24.3 Å². The van der Waals surface area contributed by atoms with Gasteiger partial charge in [0.25, 0.3) is 0 Å². The molecule has 0 radical (unpaired) electrons. The summed E-state index contributed by atoms with van der Waals surface area (Å²) in [5.41, 5.74) is 2.67. The Labute approximate surface area is 134 Å². The third-order valence-corrected chi connectivity index (χ3v) is 4.14. The smallest absolute Gasteiger partial charge is 0.249 e. The topological polar surface area (TPSA) is 46.5 Å². The minimum absolute atomic E-state index is 0.508. The highest BCUT2D eigenvalue weighted by Crippen LogP contribution is 2.28. The van der Waals surface area contributed by atoms with Crippen LogP contribution in [0, 0.1) is 6.57 Å². The number of nitrogens with zero attached hydrogens (tertiary/aromatic N) is 4. The second-order valence-electron chi connectivity index (χ2n) is 5.72. The van der Waals surface area contributed by atoms with Crippen LogP contribution in [-0.4, -0.2) is 23.1 Å². The second-order valence-corrected chi connectivity index (χ2v) is 5.72. The molecule has 0 spiro atoms. The number of aromatic nitrogens is 2. The van der Waals surface area contributed by atoms with Crippen LogP contribution in [0.1, 0.15) is 19.3 Å². The van der Waals surface area contributed by atoms with E-state index in [9.17, 15) is 0 Å². The maximum Gasteiger partial charge on any atom is 0.249 e. The minimum Gasteiger partial charge on any atom is -0.418 e. The number of hydrogen-bond acceptors (Lipinski definition) is 4. The molecule has 0 atom stereocenters. The van der Waals surface area contributed by atoms with Gasteiger partial charge in [-0.1, -0.05) is 18.2 Å². The van der Waals surface area contributed by atoms with Crippen LogP contribution >= 0.6 is 0 Å². The van der Waals surface area contributed by atoms with E-state index in [0.717, 1.165) is 30.0 Å². The van der Waals surface area contributed by atoms with Crippen molar-refractivity contribution in [2.45, 2.75) is 19.3 Å². The lowest BCUT2D eigenvalue weighted by Crippen LogP contribution is -2.29. The van der Waals surface area contributed by atoms with E-state index in [1.165, 1.54) is 19.3 Å². The zero-order valence-corrected chi connectivity index (χ0v) is 12.7. The number of oxazole rings is 1. The van der Waals surface area contributed by atoms with Gasteiger partial charge < -0.3 is 9.32 Å². The summed E-state index contributed by atoms with van der Waals surface area (Å²) >= 11 is 0. The number of fused-ring (bicyclic) bond motifs is 1. The van der Waals surface area contributed by atoms with E-state index in [1.54, 1.807) is 12.1 Å². The van der Waals surface area contributed by atoms with Gasteiger partial charge in [-0.15, -0.1) is 0 Å². The van der Waals surface area contributed by atoms with Crippen molar-refractivity contribution >= 4 is 22.7 Å². The summed E-state index contributed by atoms with van der Waals surface area (Å²) in [7, 11) is 0. The van der Waals surface area contributed by atoms with Crippen molar-refractivity contribution in [3.05, 3.63) is 47.8 Å². The van der Waals surface area contributed by atoms with E-state index in [-0.39, 0.29) is 0 Å². The van der Waals surface area contributed by atoms with Crippen molar-refractivity contribution in [1.29, 1.82) is 0 Å². The number of rotatable bonds is 2. The quantitative estimate of drug-likeness (QED) is 0.657. The molecule has 1 aromatic carbocycles. The average molecular weight is 304 g/mol. The molecular formula is C18H16N4O. The first-order chi connectivity index (χ1) is 11.3. The normalized spacial score (nSPS) is 14.8. The third kappa shape index (κ3) is 2.64. The van der Waals surface area contributed by atoms with Crippen molar-refractivity contribution in [2.75, 3.05) is 18.0 Å². The van der Waals surface area contributed by atoms with Gasteiger partial charge in [0.2, 0.25) is 11.6 Å². The summed E-state index contributed by atoms with van der Waals surface area (Å²) in [5.74, 6) is 1.46. The van der Waals surface area contributed by atoms with E-state index in [2.05, 4.69) is 19.7 Å². The number of pyridine rings is 1. The molecular weight excluding hydrogens is 288 g/mol. The Hall–Kier alpha value is -2.87. The minimum atomic E-state index is 0.508. The molecule has 1 aliphatic rings. The maximum atomic E-state index is 7.11. The Kier molecular flexibility index (Phi) is 3.43. The average Bonchev–Trinajstić information content (AvgIpc) is 3.06. The summed E-state index contributed by atoms with van der Waals surface area (Å²) in [6.07, 6.45) is 3.72. The molecule has 114 valence electrons. The van der Waals surface area contributed by atoms with Gasteiger partial charge in [-0.25, -0.2) is 9.83 Å². The molecule has 23 heavy (non-hydrogen) atoms. The van der Waals surface area contributed by atoms with Crippen LogP contribution in [0.15, 0.2) is 40.8 Å². The molecule has 5 heteroatoms. The zero-order chi connectivity index (χ0) is 15.6. The van der Waals surface area contributed by atoms with Crippen LogP contribution in [-0.2, 0) is 0 Å². The van der Waals surface area contributed by atoms with Gasteiger partial charge in [0.15, 0.2) is 5.69 Å². The molecule has 0 amide bonds. The molecule has 3 aromatic rings. The Morgan fingerprint density at radius 1 is 1.04 bits per heavy atom. The molecule has 3 heterocycles. The first kappa shape index (κ1) is 13.8. The Morgan fingerprint density at radius 3 is 2.74 bits per heavy atom. The summed E-state index contributed by atoms with van der Waals surface area (Å²) in [4.78, 5) is 14.9. The van der Waals surface area contributed by atoms with Gasteiger partial charge in [-0.05, 0) is 37.5 Å². The molecule has 0 aliphatic carbocycles. The second kappa shape index (κ2) is 5.73. The Morgan fingerprint density at radius 2 is 1.91 bits per heavy atom. The molecule has 0 unspecified atom stereocenters. The predicted molar refractivity (Wildman–Crippen MR) is 89.6 cm³/mol. The maximum absolute atomic E-state index is 7.11. The molecule has 1 aliphatic heterocycles. The fourth-order valence-corrected chi connectivity index (χ4v) is 2.94. The predicted octanol–water partition coefficient (Wildman–Crippen LogP) is 4.43. The molecule has 4 rings (SSSR count). The Balaban J connectivity index is 1.71. The molecule has 2 aromatic heterocycles. The van der Waals surface area contributed by atoms with Gasteiger partial charge in [0, 0.05) is 18.7 Å². The molecule has 0 saturated carbocycles. The van der Waals surface area contributed by atoms with Gasteiger partial charge >= 0.3 is 0 Å². The van der Waals surface area contributed by atoms with Crippen LogP contribution in [0.3, 0.4) is 0 Å². The highest BCUT2D eigenvalue weighted by Gasteiger charge is 2.15. The van der Waals surface area contributed by atoms with E-state index < -0.39 is 0 Å². The number of benzene rings is 1. The molecule has 0 N–H and O–H groups in total. The molecule has 1 fully saturated rings. The molecule has 0 bridgehead atoms. The summed E-state index contributed by atoms with van der Waals surface area (Å²) in [6, 6.07) is 11.2. The standard InChI is InChI=1S/C18H16N4O/c1-19-14-7-5-6-13(12-14)17-20-15-8-9-16(21-18(15)23-17)22-10-3-2-4-11-22/h5-9,12H,2-4,10-11H2. The summed E-state index contributed by atoms with van der Waals surface area (Å²) in [5, 5.41) is 0. The van der Waals surface area contributed by atoms with Crippen LogP contribution in [0.4, 0.5) is 11.5 Å². The molecule has 5 nitrogen and oxygen atoms in total. The van der Waals surface area contributed by atoms with Crippen LogP contribution in [0.5, 0.6) is 0 Å². The van der Waals surface area contributed by atoms with Crippen LogP contribution in [0.25, 0.3) is 27.5 Å². The van der Waals surface area contributed by atoms with Gasteiger partial charge in [0.05, 0.1) is 6.57 Å². The first-order valence-corrected chi connectivity index (χ1v) is 7.84. The van der Waals surface area contributed by atoms with Crippen LogP contribution in [0.2, 0.25) is 0 Å². The van der Waals surface area contributed by atoms with E-state index >= 15 is 0 Å². The van der Waals surface area contributed by atoms with Gasteiger partial charge in [-0.2, -0.15) is 4.98 Å². The van der Waals surface area contributed by atoms with E-state index in [4.69, 9.17) is 11.0 Å². The van der Waals surface area contributed by atoms with Gasteiger partial charge in [0.1, 0.15) is 11.3 Å². The largest absolute Gasteiger partial charge is 0.418 e. The summed E-state index contributed by atoms with van der Waals surface area (Å²) in [6.45, 7) is 9.20. The number of piperidine rings is 1. The van der Waals surface area contributed by atoms with Crippen molar-refractivity contribution in [1.82, 2.24) is 9.97 Å². The first-order valence-electron chi connectivity index (χ1n) is 7.84. The highest BCUT2D eigenvalue weighted by atomic mass is 16.4. The monoisotopic (exact) mass is 304 g/mol. The van der Waals surface area contributed by atoms with E-state index in [0.29, 0.717) is 17.3 Å². The zero-order valence-electron chi connectivity index (χ0n) is 12.7. The number of anilines is 1. The highest BCUT2D eigenvalue weighted by molar-refractivity contribution is 5.75. The fourth-order valence-electron chi connectivity index (χ4n) is 2.94. The Bertz CT molecular complexity index is 887. The lowest BCUT2D eigenvalue weighted by molar-refractivity contribution is 0.569. The van der Waals surface area contributed by atoms with Crippen molar-refractivity contribution in [3.63, 3.8) is 0 Å². The van der Waals surface area contributed by atoms with Crippen LogP contribution < -0.4 is 4.90 Å². The van der Waals surface area contributed by atoms with Crippen molar-refractivity contribution in [2.24, 2.45) is 0 Å². The van der Waals surface area contributed by atoms with Gasteiger partial charge in [-0.3, -0.25) is 0 Å². The SMILES string of the molecule is [C-]#[N+]c1cccc(-c2nc3ccc(N4CCCCC4)nc3o2)c1. The van der Waals surface area contributed by atoms with Crippen molar-refractivity contribution < 1.29 is 4.42 Å². The lowest BCUT2D eigenvalue weighted by atomic mass is 10.1. The fraction of sp³-hybridized carbons (Fsp3) is 0.278. The third-order valence-electron chi connectivity index (χ3n) is 4.14. The number of hydrogen-bond donors (Lipinski definition) is 0. The van der Waals surface area contributed by atoms with Crippen molar-refractivity contribution in [3.8, 4) is 11.5 Å². The summed E-state index contributed by atoms with van der Waals surface area (Å²) < 4.78 is 5.83.